The quantitative estimate of drug-likeness (QED) is 0.448. The summed E-state index contributed by atoms with van der Waals surface area (Å²) in [6.45, 7) is 16.6. The van der Waals surface area contributed by atoms with Crippen LogP contribution in [-0.2, 0) is 20.9 Å². The smallest absolute Gasteiger partial charge is 0.246 e. The van der Waals surface area contributed by atoms with E-state index in [9.17, 15) is 14.4 Å². The van der Waals surface area contributed by atoms with Crippen molar-refractivity contribution in [2.75, 3.05) is 6.54 Å². The molecule has 1 aromatic rings. The van der Waals surface area contributed by atoms with Crippen LogP contribution in [0.1, 0.15) is 85.8 Å². The Morgan fingerprint density at radius 2 is 1.75 bits per heavy atom. The van der Waals surface area contributed by atoms with Crippen molar-refractivity contribution < 1.29 is 14.4 Å². The van der Waals surface area contributed by atoms with E-state index in [1.54, 1.807) is 16.7 Å². The molecule has 2 N–H and O–H groups in total. The third-order valence-electron chi connectivity index (χ3n) is 6.37. The second-order valence-corrected chi connectivity index (χ2v) is 11.7. The number of hydrogen-bond acceptors (Lipinski definition) is 4. The molecule has 1 saturated heterocycles. The molecule has 7 heteroatoms. The second kappa shape index (κ2) is 13.1. The molecule has 2 atom stereocenters. The van der Waals surface area contributed by atoms with Crippen LogP contribution >= 0.6 is 11.8 Å². The van der Waals surface area contributed by atoms with Crippen molar-refractivity contribution in [3.8, 4) is 0 Å². The summed E-state index contributed by atoms with van der Waals surface area (Å²) in [5.41, 5.74) is 4.33. The molecule has 0 spiro atoms. The molecule has 2 rings (SSSR count). The molecule has 1 aromatic carbocycles. The summed E-state index contributed by atoms with van der Waals surface area (Å²) < 4.78 is 0. The number of allylic oxidation sites excluding steroid dienone is 2. The van der Waals surface area contributed by atoms with E-state index >= 15 is 0 Å². The first-order valence-electron chi connectivity index (χ1n) is 12.8. The van der Waals surface area contributed by atoms with Crippen LogP contribution in [0.3, 0.4) is 0 Å². The highest BCUT2D eigenvalue weighted by Gasteiger charge is 2.41. The van der Waals surface area contributed by atoms with Crippen molar-refractivity contribution in [1.29, 1.82) is 0 Å². The molecule has 36 heavy (non-hydrogen) atoms. The van der Waals surface area contributed by atoms with Gasteiger partial charge in [0.1, 0.15) is 12.1 Å². The molecule has 1 fully saturated rings. The predicted molar refractivity (Wildman–Crippen MR) is 150 cm³/mol. The van der Waals surface area contributed by atoms with E-state index in [0.717, 1.165) is 24.0 Å². The number of nitrogens with one attached hydrogen (secondary N) is 2. The Morgan fingerprint density at radius 1 is 1.11 bits per heavy atom. The van der Waals surface area contributed by atoms with Crippen LogP contribution in [0, 0.1) is 5.41 Å². The lowest BCUT2D eigenvalue weighted by Crippen LogP contribution is -2.57. The number of likely N-dealkylation sites (tertiary alicyclic amines) is 1. The molecule has 0 aliphatic carbocycles. The van der Waals surface area contributed by atoms with Gasteiger partial charge in [-0.15, -0.1) is 0 Å². The van der Waals surface area contributed by atoms with Gasteiger partial charge in [0, 0.05) is 24.9 Å². The lowest BCUT2D eigenvalue weighted by atomic mass is 9.85. The molecule has 0 bridgehead atoms. The van der Waals surface area contributed by atoms with Gasteiger partial charge < -0.3 is 15.5 Å². The Balaban J connectivity index is 2.06. The Labute approximate surface area is 221 Å². The Kier molecular flexibility index (Phi) is 10.8. The van der Waals surface area contributed by atoms with E-state index in [1.807, 2.05) is 32.9 Å². The SMILES string of the molecule is CCC(C)=CSC(=C(C)C)c1ccc(CNC(=O)C2CCCN2C(=O)C(NC(C)=O)C(C)(C)C)cc1. The van der Waals surface area contributed by atoms with Crippen molar-refractivity contribution >= 4 is 34.4 Å². The van der Waals surface area contributed by atoms with Gasteiger partial charge in [-0.25, -0.2) is 0 Å². The van der Waals surface area contributed by atoms with Gasteiger partial charge in [0.25, 0.3) is 0 Å². The molecular weight excluding hydrogens is 470 g/mol. The average molecular weight is 514 g/mol. The summed E-state index contributed by atoms with van der Waals surface area (Å²) in [5, 5.41) is 8.01. The summed E-state index contributed by atoms with van der Waals surface area (Å²) in [5.74, 6) is -0.599. The zero-order chi connectivity index (χ0) is 27.0. The number of hydrogen-bond donors (Lipinski definition) is 2. The third kappa shape index (κ3) is 8.26. The van der Waals surface area contributed by atoms with Crippen LogP contribution in [0.4, 0.5) is 0 Å². The highest BCUT2D eigenvalue weighted by molar-refractivity contribution is 8.11. The molecule has 1 heterocycles. The average Bonchev–Trinajstić information content (AvgIpc) is 3.30. The minimum absolute atomic E-state index is 0.152. The molecule has 1 aliphatic heterocycles. The van der Waals surface area contributed by atoms with E-state index in [1.165, 1.54) is 23.0 Å². The second-order valence-electron chi connectivity index (χ2n) is 10.9. The molecule has 0 saturated carbocycles. The summed E-state index contributed by atoms with van der Waals surface area (Å²) in [4.78, 5) is 41.0. The van der Waals surface area contributed by atoms with Crippen LogP contribution in [-0.4, -0.2) is 41.2 Å². The fourth-order valence-corrected chi connectivity index (χ4v) is 5.11. The number of thioether (sulfide) groups is 1. The maximum atomic E-state index is 13.3. The number of amides is 3. The third-order valence-corrected chi connectivity index (χ3v) is 7.77. The maximum Gasteiger partial charge on any atom is 0.246 e. The van der Waals surface area contributed by atoms with Crippen molar-refractivity contribution in [3.63, 3.8) is 0 Å². The van der Waals surface area contributed by atoms with Crippen molar-refractivity contribution in [3.05, 3.63) is 51.9 Å². The molecule has 0 aromatic heterocycles. The molecular formula is C29H43N3O3S. The first-order valence-corrected chi connectivity index (χ1v) is 13.7. The van der Waals surface area contributed by atoms with Crippen LogP contribution in [0.15, 0.2) is 40.8 Å². The summed E-state index contributed by atoms with van der Waals surface area (Å²) >= 11 is 1.75. The van der Waals surface area contributed by atoms with E-state index in [4.69, 9.17) is 0 Å². The van der Waals surface area contributed by atoms with Crippen molar-refractivity contribution in [1.82, 2.24) is 15.5 Å². The molecule has 6 nitrogen and oxygen atoms in total. The minimum atomic E-state index is -0.672. The van der Waals surface area contributed by atoms with Gasteiger partial charge in [-0.1, -0.05) is 74.9 Å². The van der Waals surface area contributed by atoms with Crippen LogP contribution in [0.2, 0.25) is 0 Å². The highest BCUT2D eigenvalue weighted by atomic mass is 32.2. The van der Waals surface area contributed by atoms with Gasteiger partial charge >= 0.3 is 0 Å². The summed E-state index contributed by atoms with van der Waals surface area (Å²) in [6.07, 6.45) is 2.43. The minimum Gasteiger partial charge on any atom is -0.350 e. The zero-order valence-corrected chi connectivity index (χ0v) is 24.0. The Morgan fingerprint density at radius 3 is 2.28 bits per heavy atom. The highest BCUT2D eigenvalue weighted by Crippen LogP contribution is 2.33. The van der Waals surface area contributed by atoms with Gasteiger partial charge in [0.15, 0.2) is 0 Å². The van der Waals surface area contributed by atoms with E-state index in [-0.39, 0.29) is 17.7 Å². The number of benzene rings is 1. The zero-order valence-electron chi connectivity index (χ0n) is 23.2. The van der Waals surface area contributed by atoms with Crippen LogP contribution in [0.5, 0.6) is 0 Å². The van der Waals surface area contributed by atoms with Gasteiger partial charge in [-0.05, 0) is 62.0 Å². The fourth-order valence-electron chi connectivity index (χ4n) is 4.12. The fraction of sp³-hybridized carbons (Fsp3) is 0.552. The molecule has 3 amide bonds. The monoisotopic (exact) mass is 513 g/mol. The summed E-state index contributed by atoms with van der Waals surface area (Å²) in [6, 6.07) is 7.09. The predicted octanol–water partition coefficient (Wildman–Crippen LogP) is 5.64. The van der Waals surface area contributed by atoms with E-state index in [2.05, 4.69) is 55.9 Å². The number of carbonyl (C=O) groups is 3. The van der Waals surface area contributed by atoms with E-state index in [0.29, 0.717) is 19.5 Å². The number of rotatable bonds is 9. The standard InChI is InChI=1S/C29H43N3O3S/c1-9-20(4)18-36-25(19(2)3)23-14-12-22(13-15-23)17-30-27(34)24-11-10-16-32(24)28(35)26(29(6,7)8)31-21(5)33/h12-15,18,24,26H,9-11,16-17H2,1-8H3,(H,30,34)(H,31,33). The largest absolute Gasteiger partial charge is 0.350 e. The lowest BCUT2D eigenvalue weighted by molar-refractivity contribution is -0.143. The number of nitrogens with zero attached hydrogens (tertiary/aromatic N) is 1. The lowest BCUT2D eigenvalue weighted by Gasteiger charge is -2.35. The van der Waals surface area contributed by atoms with Gasteiger partial charge in [-0.2, -0.15) is 0 Å². The molecule has 198 valence electrons. The topological polar surface area (TPSA) is 78.5 Å². The Hall–Kier alpha value is -2.54. The maximum absolute atomic E-state index is 13.3. The number of carbonyl (C=O) groups excluding carboxylic acids is 3. The van der Waals surface area contributed by atoms with Crippen molar-refractivity contribution in [2.45, 2.75) is 93.3 Å². The van der Waals surface area contributed by atoms with Crippen LogP contribution < -0.4 is 10.6 Å². The van der Waals surface area contributed by atoms with E-state index < -0.39 is 17.5 Å². The molecule has 0 radical (unpaired) electrons. The van der Waals surface area contributed by atoms with Gasteiger partial charge in [0.2, 0.25) is 17.7 Å². The molecule has 2 unspecified atom stereocenters. The van der Waals surface area contributed by atoms with Gasteiger partial charge in [-0.3, -0.25) is 14.4 Å². The van der Waals surface area contributed by atoms with Crippen molar-refractivity contribution in [2.24, 2.45) is 5.41 Å². The van der Waals surface area contributed by atoms with Crippen LogP contribution in [0.25, 0.3) is 4.91 Å². The Bertz CT molecular complexity index is 1000. The first-order chi connectivity index (χ1) is 16.8. The summed E-state index contributed by atoms with van der Waals surface area (Å²) in [7, 11) is 0. The molecule has 1 aliphatic rings. The van der Waals surface area contributed by atoms with Gasteiger partial charge in [0.05, 0.1) is 0 Å². The first kappa shape index (κ1) is 29.7. The normalized spacial score (nSPS) is 16.9.